The largest absolute Gasteiger partial charge is 0.416 e. The number of anilines is 1. The number of hydrogen-bond acceptors (Lipinski definition) is 6. The number of nitrogens with one attached hydrogen (secondary N) is 2. The molecule has 1 heterocycles. The zero-order valence-corrected chi connectivity index (χ0v) is 19.2. The summed E-state index contributed by atoms with van der Waals surface area (Å²) >= 11 is 1.24. The highest BCUT2D eigenvalue weighted by molar-refractivity contribution is 7.09. The predicted octanol–water partition coefficient (Wildman–Crippen LogP) is 4.00. The number of hydrogen-bond donors (Lipinski definition) is 2. The van der Waals surface area contributed by atoms with Gasteiger partial charge in [-0.2, -0.15) is 13.2 Å². The highest BCUT2D eigenvalue weighted by Gasteiger charge is 2.30. The van der Waals surface area contributed by atoms with Gasteiger partial charge in [0.25, 0.3) is 5.91 Å². The number of nitrogens with zero attached hydrogens (tertiary/aromatic N) is 2. The molecule has 0 fully saturated rings. The van der Waals surface area contributed by atoms with Crippen molar-refractivity contribution in [3.05, 3.63) is 45.9 Å². The molecule has 1 aromatic heterocycles. The maximum Gasteiger partial charge on any atom is 0.416 e. The average molecular weight is 489 g/mol. The third kappa shape index (κ3) is 8.98. The summed E-state index contributed by atoms with van der Waals surface area (Å²) < 4.78 is 48.2. The molecule has 8 nitrogen and oxygen atoms in total. The van der Waals surface area contributed by atoms with Gasteiger partial charge in [-0.05, 0) is 37.1 Å². The first-order valence-electron chi connectivity index (χ1n) is 10.2. The van der Waals surface area contributed by atoms with Crippen molar-refractivity contribution in [1.82, 2.24) is 15.2 Å². The molecule has 0 radical (unpaired) electrons. The quantitative estimate of drug-likeness (QED) is 0.441. The van der Waals surface area contributed by atoms with Gasteiger partial charge in [-0.25, -0.2) is 9.78 Å². The van der Waals surface area contributed by atoms with Crippen LogP contribution in [0.3, 0.4) is 0 Å². The summed E-state index contributed by atoms with van der Waals surface area (Å²) in [6.07, 6.45) is -3.22. The molecule has 0 atom stereocenters. The Hall–Kier alpha value is -2.70. The van der Waals surface area contributed by atoms with Gasteiger partial charge in [-0.15, -0.1) is 11.3 Å². The Labute approximate surface area is 194 Å². The van der Waals surface area contributed by atoms with Crippen molar-refractivity contribution in [1.29, 1.82) is 0 Å². The Morgan fingerprint density at radius 3 is 2.39 bits per heavy atom. The highest BCUT2D eigenvalue weighted by atomic mass is 32.1. The first kappa shape index (κ1) is 26.6. The molecule has 2 N–H and O–H groups in total. The van der Waals surface area contributed by atoms with Gasteiger partial charge in [0.15, 0.2) is 0 Å². The minimum atomic E-state index is -4.45. The average Bonchev–Trinajstić information content (AvgIpc) is 3.24. The molecule has 0 unspecified atom stereocenters. The summed E-state index contributed by atoms with van der Waals surface area (Å²) in [4.78, 5) is 30.7. The molecule has 0 aliphatic rings. The monoisotopic (exact) mass is 488 g/mol. The molecule has 33 heavy (non-hydrogen) atoms. The smallest absolute Gasteiger partial charge is 0.385 e. The summed E-state index contributed by atoms with van der Waals surface area (Å²) in [5.74, 6) is -0.311. The fourth-order valence-corrected chi connectivity index (χ4v) is 3.55. The van der Waals surface area contributed by atoms with Crippen molar-refractivity contribution in [2.45, 2.75) is 25.6 Å². The fourth-order valence-electron chi connectivity index (χ4n) is 2.76. The Kier molecular flexibility index (Phi) is 10.6. The molecule has 0 saturated carbocycles. The van der Waals surface area contributed by atoms with Gasteiger partial charge < -0.3 is 25.0 Å². The van der Waals surface area contributed by atoms with Gasteiger partial charge >= 0.3 is 12.2 Å². The van der Waals surface area contributed by atoms with Gasteiger partial charge in [0.1, 0.15) is 10.7 Å². The molecule has 0 spiro atoms. The van der Waals surface area contributed by atoms with E-state index in [1.807, 2.05) is 0 Å². The number of urea groups is 1. The number of alkyl halides is 3. The van der Waals surface area contributed by atoms with Crippen molar-refractivity contribution in [2.24, 2.45) is 0 Å². The number of benzene rings is 1. The number of ether oxygens (including phenoxy) is 2. The van der Waals surface area contributed by atoms with Gasteiger partial charge in [0, 0.05) is 51.6 Å². The van der Waals surface area contributed by atoms with Crippen LogP contribution in [0.1, 0.15) is 33.9 Å². The van der Waals surface area contributed by atoms with Crippen molar-refractivity contribution in [3.63, 3.8) is 0 Å². The number of thiazole rings is 1. The zero-order chi connectivity index (χ0) is 24.3. The van der Waals surface area contributed by atoms with Gasteiger partial charge in [0.05, 0.1) is 12.1 Å². The van der Waals surface area contributed by atoms with Crippen LogP contribution in [0.2, 0.25) is 0 Å². The van der Waals surface area contributed by atoms with Gasteiger partial charge in [-0.1, -0.05) is 0 Å². The molecule has 0 bridgehead atoms. The lowest BCUT2D eigenvalue weighted by Gasteiger charge is -2.22. The van der Waals surface area contributed by atoms with Crippen molar-refractivity contribution < 1.29 is 32.2 Å². The van der Waals surface area contributed by atoms with Crippen molar-refractivity contribution in [2.75, 3.05) is 45.8 Å². The Morgan fingerprint density at radius 1 is 1.09 bits per heavy atom. The molecule has 2 rings (SSSR count). The van der Waals surface area contributed by atoms with Crippen LogP contribution < -0.4 is 10.6 Å². The third-order valence-electron chi connectivity index (χ3n) is 4.45. The summed E-state index contributed by atoms with van der Waals surface area (Å²) in [6.45, 7) is 1.89. The van der Waals surface area contributed by atoms with E-state index in [0.29, 0.717) is 44.2 Å². The molecule has 2 aromatic rings. The first-order chi connectivity index (χ1) is 15.7. The third-order valence-corrected chi connectivity index (χ3v) is 5.28. The van der Waals surface area contributed by atoms with Crippen LogP contribution in [0.4, 0.5) is 23.7 Å². The normalized spacial score (nSPS) is 11.3. The molecule has 12 heteroatoms. The van der Waals surface area contributed by atoms with Crippen LogP contribution in [0, 0.1) is 0 Å². The van der Waals surface area contributed by atoms with Gasteiger partial charge in [-0.3, -0.25) is 4.79 Å². The molecular weight excluding hydrogens is 461 g/mol. The lowest BCUT2D eigenvalue weighted by molar-refractivity contribution is -0.137. The second kappa shape index (κ2) is 13.1. The maximum atomic E-state index is 12.8. The minimum Gasteiger partial charge on any atom is -0.385 e. The number of rotatable bonds is 12. The molecular formula is C21H27F3N4O4S. The van der Waals surface area contributed by atoms with E-state index in [4.69, 9.17) is 9.47 Å². The zero-order valence-electron chi connectivity index (χ0n) is 18.4. The molecule has 0 saturated heterocycles. The van der Waals surface area contributed by atoms with Crippen LogP contribution >= 0.6 is 11.3 Å². The van der Waals surface area contributed by atoms with Crippen molar-refractivity contribution in [3.8, 4) is 0 Å². The second-order valence-electron chi connectivity index (χ2n) is 7.00. The maximum absolute atomic E-state index is 12.8. The molecule has 0 aliphatic carbocycles. The lowest BCUT2D eigenvalue weighted by atomic mass is 10.2. The Bertz CT molecular complexity index is 890. The number of carbonyl (C=O) groups is 2. The Morgan fingerprint density at radius 2 is 1.76 bits per heavy atom. The number of methoxy groups -OCH3 is 2. The van der Waals surface area contributed by atoms with E-state index in [2.05, 4.69) is 15.6 Å². The van der Waals surface area contributed by atoms with Crippen molar-refractivity contribution >= 4 is 29.0 Å². The topological polar surface area (TPSA) is 92.8 Å². The summed E-state index contributed by atoms with van der Waals surface area (Å²) in [6, 6.07) is 3.71. The summed E-state index contributed by atoms with van der Waals surface area (Å²) in [7, 11) is 3.13. The molecule has 0 aliphatic heterocycles. The van der Waals surface area contributed by atoms with E-state index in [0.717, 1.165) is 12.1 Å². The number of aromatic nitrogens is 1. The minimum absolute atomic E-state index is 0.137. The van der Waals surface area contributed by atoms with Crippen LogP contribution in [-0.4, -0.2) is 62.3 Å². The summed E-state index contributed by atoms with van der Waals surface area (Å²) in [5, 5.41) is 7.52. The lowest BCUT2D eigenvalue weighted by Crippen LogP contribution is -2.35. The number of halogens is 3. The second-order valence-corrected chi connectivity index (χ2v) is 7.94. The standard InChI is InChI=1S/C21H27F3N4O4S/c1-31-11-3-9-25-19(29)17-14-33-18(27-17)13-28(10-4-12-32-2)20(30)26-16-7-5-15(6-8-16)21(22,23)24/h5-8,14H,3-4,9-13H2,1-2H3,(H,25,29)(H,26,30). The Balaban J connectivity index is 2.01. The van der Waals surface area contributed by atoms with E-state index in [-0.39, 0.29) is 23.8 Å². The molecule has 1 aromatic carbocycles. The summed E-state index contributed by atoms with van der Waals surface area (Å²) in [5.41, 5.74) is -0.305. The molecule has 182 valence electrons. The number of carbonyl (C=O) groups excluding carboxylic acids is 2. The van der Waals surface area contributed by atoms with E-state index >= 15 is 0 Å². The highest BCUT2D eigenvalue weighted by Crippen LogP contribution is 2.29. The van der Waals surface area contributed by atoms with Crippen LogP contribution in [-0.2, 0) is 22.2 Å². The fraction of sp³-hybridized carbons (Fsp3) is 0.476. The SMILES string of the molecule is COCCCNC(=O)c1csc(CN(CCCOC)C(=O)Nc2ccc(C(F)(F)F)cc2)n1. The van der Waals surface area contributed by atoms with Crippen LogP contribution in [0.15, 0.2) is 29.6 Å². The molecule has 3 amide bonds. The van der Waals surface area contributed by atoms with Crippen LogP contribution in [0.5, 0.6) is 0 Å². The van der Waals surface area contributed by atoms with E-state index in [1.54, 1.807) is 19.6 Å². The first-order valence-corrected chi connectivity index (χ1v) is 11.1. The van der Waals surface area contributed by atoms with Crippen LogP contribution in [0.25, 0.3) is 0 Å². The predicted molar refractivity (Wildman–Crippen MR) is 118 cm³/mol. The number of amides is 3. The van der Waals surface area contributed by atoms with E-state index < -0.39 is 17.8 Å². The van der Waals surface area contributed by atoms with E-state index in [1.165, 1.54) is 28.4 Å². The van der Waals surface area contributed by atoms with Gasteiger partial charge in [0.2, 0.25) is 0 Å². The van der Waals surface area contributed by atoms with E-state index in [9.17, 15) is 22.8 Å².